The van der Waals surface area contributed by atoms with Gasteiger partial charge in [0.1, 0.15) is 0 Å². The van der Waals surface area contributed by atoms with Gasteiger partial charge in [-0.05, 0) is 6.16 Å². The molecule has 2 atom stereocenters. The Kier molecular flexibility index (Phi) is 21.8. The van der Waals surface area contributed by atoms with Crippen LogP contribution in [0.3, 0.4) is 0 Å². The number of hydrogen-bond donors (Lipinski definition) is 0. The molecule has 1 aliphatic rings. The Balaban J connectivity index is -0.000000258. The molecule has 0 aromatic heterocycles. The number of nitrogens with zero attached hydrogens (tertiary/aromatic N) is 1. The van der Waals surface area contributed by atoms with Gasteiger partial charge in [-0.1, -0.05) is 24.0 Å². The minimum atomic E-state index is 0. The maximum atomic E-state index is 7.75. The van der Waals surface area contributed by atoms with Gasteiger partial charge in [0.25, 0.3) is 0 Å². The van der Waals surface area contributed by atoms with Crippen LogP contribution in [0.1, 0.15) is 0 Å². The Bertz CT molecular complexity index is 240. The molecule has 0 saturated heterocycles. The van der Waals surface area contributed by atoms with E-state index in [4.69, 9.17) is 9.59 Å². The molecule has 0 aromatic rings. The van der Waals surface area contributed by atoms with Crippen molar-refractivity contribution in [1.29, 1.82) is 0 Å². The second kappa shape index (κ2) is 16.2. The second-order valence-electron chi connectivity index (χ2n) is 1.92. The molecule has 0 fully saturated rings. The SMILES string of the molecule is P/C=C1/C=CC=C(CP)[N-]1.[CH-]=O.[CH-]=O.[Mn+3]. The molecular weight excluding hydrogens is 271 g/mol. The van der Waals surface area contributed by atoms with Crippen LogP contribution in [0, 0.1) is 0 Å². The van der Waals surface area contributed by atoms with Gasteiger partial charge < -0.3 is 14.9 Å². The molecule has 82 valence electrons. The minimum Gasteiger partial charge on any atom is -0.661 e. The number of hydrogen-bond acceptors (Lipinski definition) is 2. The molecule has 0 aromatic carbocycles. The standard InChI is InChI=1S/C7H10NP2.2CHO.Mn/c9-4-6-2-1-3-7(5-10)8-6;2*1-2;/h1-4H,5,9-10H2;2*1H;/q3*-1;+3/b6-4-;;;. The maximum Gasteiger partial charge on any atom is 3.00 e. The molecule has 0 N–H and O–H groups in total. The smallest absolute Gasteiger partial charge is 0.661 e. The molecule has 0 spiro atoms. The molecule has 2 unspecified atom stereocenters. The van der Waals surface area contributed by atoms with Gasteiger partial charge >= 0.3 is 17.1 Å². The van der Waals surface area contributed by atoms with Crippen molar-refractivity contribution in [3.8, 4) is 0 Å². The Morgan fingerprint density at radius 3 is 2.27 bits per heavy atom. The van der Waals surface area contributed by atoms with Crippen LogP contribution in [0.5, 0.6) is 0 Å². The van der Waals surface area contributed by atoms with E-state index in [0.717, 1.165) is 17.6 Å². The molecule has 1 aliphatic heterocycles. The first-order valence-electron chi connectivity index (χ1n) is 3.55. The fourth-order valence-corrected chi connectivity index (χ4v) is 1.12. The van der Waals surface area contributed by atoms with Crippen LogP contribution in [0.4, 0.5) is 0 Å². The van der Waals surface area contributed by atoms with Gasteiger partial charge in [0.05, 0.1) is 0 Å². The summed E-state index contributed by atoms with van der Waals surface area (Å²) in [6, 6.07) is 0. The van der Waals surface area contributed by atoms with Crippen molar-refractivity contribution in [1.82, 2.24) is 0 Å². The molecule has 1 rings (SSSR count). The summed E-state index contributed by atoms with van der Waals surface area (Å²) in [6.45, 7) is 6.50. The van der Waals surface area contributed by atoms with Crippen molar-refractivity contribution in [3.63, 3.8) is 0 Å². The van der Waals surface area contributed by atoms with Crippen LogP contribution < -0.4 is 0 Å². The van der Waals surface area contributed by atoms with E-state index in [1.54, 1.807) is 0 Å². The number of rotatable bonds is 1. The summed E-state index contributed by atoms with van der Waals surface area (Å²) in [6.07, 6.45) is 6.94. The van der Waals surface area contributed by atoms with E-state index in [9.17, 15) is 0 Å². The zero-order valence-electron chi connectivity index (χ0n) is 7.97. The summed E-state index contributed by atoms with van der Waals surface area (Å²) < 4.78 is 0. The van der Waals surface area contributed by atoms with E-state index >= 15 is 0 Å². The first kappa shape index (κ1) is 20.2. The van der Waals surface area contributed by atoms with Crippen molar-refractivity contribution in [2.75, 3.05) is 6.16 Å². The summed E-state index contributed by atoms with van der Waals surface area (Å²) in [5.74, 6) is 1.92. The largest absolute Gasteiger partial charge is 3.00 e. The third-order valence-corrected chi connectivity index (χ3v) is 1.97. The van der Waals surface area contributed by atoms with Gasteiger partial charge in [-0.15, -0.1) is 24.2 Å². The first-order chi connectivity index (χ1) is 6.86. The summed E-state index contributed by atoms with van der Waals surface area (Å²) in [7, 11) is 5.20. The van der Waals surface area contributed by atoms with E-state index in [-0.39, 0.29) is 17.1 Å². The van der Waals surface area contributed by atoms with E-state index in [1.165, 1.54) is 0 Å². The van der Waals surface area contributed by atoms with Crippen molar-refractivity contribution in [3.05, 3.63) is 40.8 Å². The Morgan fingerprint density at radius 1 is 1.33 bits per heavy atom. The molecule has 0 amide bonds. The van der Waals surface area contributed by atoms with Crippen molar-refractivity contribution in [2.45, 2.75) is 0 Å². The third kappa shape index (κ3) is 10.0. The summed E-state index contributed by atoms with van der Waals surface area (Å²) >= 11 is 0. The average molecular weight is 283 g/mol. The van der Waals surface area contributed by atoms with Gasteiger partial charge in [-0.3, -0.25) is 13.6 Å². The zero-order chi connectivity index (χ0) is 11.4. The van der Waals surface area contributed by atoms with E-state index in [1.807, 2.05) is 24.0 Å². The Morgan fingerprint density at radius 2 is 1.87 bits per heavy atom. The molecule has 0 saturated carbocycles. The van der Waals surface area contributed by atoms with Crippen LogP contribution in [0.15, 0.2) is 35.4 Å². The van der Waals surface area contributed by atoms with Crippen molar-refractivity contribution >= 4 is 32.1 Å². The van der Waals surface area contributed by atoms with Crippen molar-refractivity contribution in [2.24, 2.45) is 0 Å². The maximum absolute atomic E-state index is 7.75. The normalized spacial score (nSPS) is 14.3. The number of allylic oxidation sites excluding steroid dienone is 4. The fourth-order valence-electron chi connectivity index (χ4n) is 0.705. The van der Waals surface area contributed by atoms with Crippen LogP contribution in [0.2, 0.25) is 0 Å². The van der Waals surface area contributed by atoms with Crippen molar-refractivity contribution < 1.29 is 26.7 Å². The topological polar surface area (TPSA) is 48.2 Å². The zero-order valence-corrected chi connectivity index (χ0v) is 11.5. The fraction of sp³-hybridized carbons (Fsp3) is 0.111. The molecule has 0 radical (unpaired) electrons. The van der Waals surface area contributed by atoms with Gasteiger partial charge in [0.15, 0.2) is 0 Å². The first-order valence-corrected chi connectivity index (χ1v) is 5.03. The molecule has 3 nitrogen and oxygen atoms in total. The quantitative estimate of drug-likeness (QED) is 0.319. The Labute approximate surface area is 106 Å². The molecular formula is C9H12MnNO2P2. The van der Waals surface area contributed by atoms with Crippen LogP contribution in [-0.4, -0.2) is 19.7 Å². The van der Waals surface area contributed by atoms with E-state index in [2.05, 4.69) is 37.4 Å². The molecule has 0 aliphatic carbocycles. The third-order valence-electron chi connectivity index (χ3n) is 1.21. The Hall–Kier alpha value is -0.261. The number of carbonyl (C=O) groups excluding carboxylic acids is 2. The molecule has 6 heteroatoms. The summed E-state index contributed by atoms with van der Waals surface area (Å²) in [5.41, 5.74) is 2.13. The van der Waals surface area contributed by atoms with E-state index in [0.29, 0.717) is 0 Å². The second-order valence-corrected chi connectivity index (χ2v) is 2.67. The van der Waals surface area contributed by atoms with Crippen LogP contribution >= 0.6 is 18.5 Å². The van der Waals surface area contributed by atoms with E-state index < -0.39 is 0 Å². The molecule has 15 heavy (non-hydrogen) atoms. The van der Waals surface area contributed by atoms with Crippen LogP contribution in [-0.2, 0) is 26.7 Å². The summed E-state index contributed by atoms with van der Waals surface area (Å²) in [5, 5.41) is 4.31. The van der Waals surface area contributed by atoms with Gasteiger partial charge in [-0.25, -0.2) is 0 Å². The summed E-state index contributed by atoms with van der Waals surface area (Å²) in [4.78, 5) is 15.5. The molecule has 1 heterocycles. The monoisotopic (exact) mass is 283 g/mol. The average Bonchev–Trinajstić information content (AvgIpc) is 2.34. The minimum absolute atomic E-state index is 0. The predicted octanol–water partition coefficient (Wildman–Crippen LogP) is 1.85. The van der Waals surface area contributed by atoms with Gasteiger partial charge in [0.2, 0.25) is 0 Å². The van der Waals surface area contributed by atoms with Gasteiger partial charge in [0, 0.05) is 0 Å². The predicted molar refractivity (Wildman–Crippen MR) is 66.5 cm³/mol. The van der Waals surface area contributed by atoms with Crippen LogP contribution in [0.25, 0.3) is 5.32 Å². The van der Waals surface area contributed by atoms with Gasteiger partial charge in [-0.2, -0.15) is 5.70 Å². The molecule has 0 bridgehead atoms.